The molecule has 0 saturated heterocycles. The van der Waals surface area contributed by atoms with Crippen molar-refractivity contribution >= 4 is 17.0 Å². The quantitative estimate of drug-likeness (QED) is 0.362. The van der Waals surface area contributed by atoms with E-state index < -0.39 is 16.9 Å². The Bertz CT molecular complexity index is 1610. The molecule has 11 heteroatoms. The van der Waals surface area contributed by atoms with Gasteiger partial charge in [0.1, 0.15) is 11.3 Å². The molecule has 0 spiro atoms. The van der Waals surface area contributed by atoms with Crippen molar-refractivity contribution in [1.82, 2.24) is 40.4 Å². The molecule has 2 N–H and O–H groups in total. The molecule has 0 aliphatic heterocycles. The third-order valence-corrected chi connectivity index (χ3v) is 5.76. The molecule has 182 valence electrons. The number of fused-ring (bicyclic) bond motifs is 1. The summed E-state index contributed by atoms with van der Waals surface area (Å²) in [5.74, 6) is 0.683. The van der Waals surface area contributed by atoms with Crippen LogP contribution in [0.15, 0.2) is 53.3 Å². The summed E-state index contributed by atoms with van der Waals surface area (Å²) in [4.78, 5) is 29.3. The number of H-pyrrole nitrogens is 2. The summed E-state index contributed by atoms with van der Waals surface area (Å²) in [5.41, 5.74) is 3.15. The van der Waals surface area contributed by atoms with Gasteiger partial charge in [-0.15, -0.1) is 15.3 Å². The number of hydrogen-bond acceptors (Lipinski definition) is 8. The monoisotopic (exact) mass is 484 g/mol. The van der Waals surface area contributed by atoms with E-state index in [0.717, 1.165) is 22.3 Å². The Balaban J connectivity index is 1.50. The van der Waals surface area contributed by atoms with Crippen LogP contribution in [0.1, 0.15) is 32.2 Å². The van der Waals surface area contributed by atoms with E-state index in [-0.39, 0.29) is 11.4 Å². The number of carbonyl (C=O) groups excluding carboxylic acids is 1. The van der Waals surface area contributed by atoms with E-state index in [1.165, 1.54) is 0 Å². The summed E-state index contributed by atoms with van der Waals surface area (Å²) in [6.07, 6.45) is 0. The number of tetrazole rings is 1. The van der Waals surface area contributed by atoms with Gasteiger partial charge >= 0.3 is 5.97 Å². The van der Waals surface area contributed by atoms with Crippen molar-refractivity contribution in [2.24, 2.45) is 5.41 Å². The van der Waals surface area contributed by atoms with Gasteiger partial charge in [0.15, 0.2) is 5.52 Å². The second-order valence-electron chi connectivity index (χ2n) is 9.42. The summed E-state index contributed by atoms with van der Waals surface area (Å²) in [5, 5.41) is 20.7. The van der Waals surface area contributed by atoms with Crippen LogP contribution in [-0.4, -0.2) is 46.3 Å². The van der Waals surface area contributed by atoms with Gasteiger partial charge in [-0.3, -0.25) is 9.59 Å². The molecule has 0 atom stereocenters. The first-order valence-electron chi connectivity index (χ1n) is 11.3. The number of nitrogens with zero attached hydrogens (tertiary/aromatic N) is 6. The minimum atomic E-state index is -0.738. The SMILES string of the molecule is Cc1nc2c(=O)[nH]nc(OC(=O)C(C)(C)C)c2n1Cc1ccc(-c2ccccc2-c2nn[nH]n2)cc1. The second-order valence-corrected chi connectivity index (χ2v) is 9.42. The van der Waals surface area contributed by atoms with Crippen molar-refractivity contribution in [1.29, 1.82) is 0 Å². The molecule has 0 aliphatic carbocycles. The van der Waals surface area contributed by atoms with Crippen LogP contribution in [0.3, 0.4) is 0 Å². The van der Waals surface area contributed by atoms with Crippen molar-refractivity contribution in [2.45, 2.75) is 34.2 Å². The lowest BCUT2D eigenvalue weighted by molar-refractivity contribution is -0.143. The van der Waals surface area contributed by atoms with E-state index in [9.17, 15) is 9.59 Å². The van der Waals surface area contributed by atoms with Crippen LogP contribution in [0.2, 0.25) is 0 Å². The zero-order chi connectivity index (χ0) is 25.4. The van der Waals surface area contributed by atoms with Crippen LogP contribution in [0.25, 0.3) is 33.5 Å². The number of aromatic nitrogens is 8. The molecule has 0 radical (unpaired) electrons. The number of imidazole rings is 1. The van der Waals surface area contributed by atoms with Crippen LogP contribution < -0.4 is 10.3 Å². The average Bonchev–Trinajstić information content (AvgIpc) is 3.50. The standard InChI is InChI=1S/C25H24N8O3/c1-14-26-19-20(23(30-29-22(19)34)36-24(35)25(2,3)4)33(14)13-15-9-11-16(12-10-15)17-7-5-6-8-18(17)21-27-31-32-28-21/h5-12H,13H2,1-4H3,(H,29,34)(H,27,28,31,32). The molecule has 11 nitrogen and oxygen atoms in total. The van der Waals surface area contributed by atoms with Crippen LogP contribution in [-0.2, 0) is 11.3 Å². The third kappa shape index (κ3) is 4.26. The fourth-order valence-electron chi connectivity index (χ4n) is 3.83. The molecule has 0 fully saturated rings. The number of hydrogen-bond donors (Lipinski definition) is 2. The highest BCUT2D eigenvalue weighted by atomic mass is 16.5. The number of carbonyl (C=O) groups is 1. The first-order chi connectivity index (χ1) is 17.2. The fraction of sp³-hybridized carbons (Fsp3) is 0.240. The zero-order valence-electron chi connectivity index (χ0n) is 20.2. The highest BCUT2D eigenvalue weighted by Crippen LogP contribution is 2.30. The van der Waals surface area contributed by atoms with E-state index in [0.29, 0.717) is 23.7 Å². The topological polar surface area (TPSA) is 144 Å². The van der Waals surface area contributed by atoms with E-state index in [1.807, 2.05) is 53.1 Å². The van der Waals surface area contributed by atoms with Crippen LogP contribution in [0.5, 0.6) is 5.88 Å². The maximum Gasteiger partial charge on any atom is 0.318 e. The third-order valence-electron chi connectivity index (χ3n) is 5.76. The predicted molar refractivity (Wildman–Crippen MR) is 132 cm³/mol. The lowest BCUT2D eigenvalue weighted by Crippen LogP contribution is -2.27. The molecule has 0 saturated carbocycles. The van der Waals surface area contributed by atoms with Crippen molar-refractivity contribution in [3.63, 3.8) is 0 Å². The summed E-state index contributed by atoms with van der Waals surface area (Å²) < 4.78 is 7.39. The van der Waals surface area contributed by atoms with Gasteiger partial charge in [0.2, 0.25) is 5.82 Å². The van der Waals surface area contributed by atoms with Gasteiger partial charge in [-0.1, -0.05) is 48.5 Å². The minimum Gasteiger partial charge on any atom is -0.403 e. The Labute approximate surface area is 205 Å². The number of rotatable bonds is 5. The van der Waals surface area contributed by atoms with Crippen LogP contribution in [0.4, 0.5) is 0 Å². The largest absolute Gasteiger partial charge is 0.403 e. The highest BCUT2D eigenvalue weighted by Gasteiger charge is 2.27. The lowest BCUT2D eigenvalue weighted by Gasteiger charge is -2.16. The summed E-state index contributed by atoms with van der Waals surface area (Å²) >= 11 is 0. The summed E-state index contributed by atoms with van der Waals surface area (Å²) in [7, 11) is 0. The van der Waals surface area contributed by atoms with E-state index in [2.05, 4.69) is 35.8 Å². The van der Waals surface area contributed by atoms with Gasteiger partial charge in [0.25, 0.3) is 11.4 Å². The number of esters is 1. The van der Waals surface area contributed by atoms with Gasteiger partial charge in [0.05, 0.1) is 5.41 Å². The normalized spacial score (nSPS) is 11.7. The Morgan fingerprint density at radius 1 is 1.03 bits per heavy atom. The second kappa shape index (κ2) is 8.84. The average molecular weight is 485 g/mol. The van der Waals surface area contributed by atoms with Gasteiger partial charge in [-0.2, -0.15) is 5.21 Å². The maximum absolute atomic E-state index is 12.5. The van der Waals surface area contributed by atoms with Crippen LogP contribution >= 0.6 is 0 Å². The Morgan fingerprint density at radius 3 is 2.42 bits per heavy atom. The molecule has 2 aromatic carbocycles. The first-order valence-corrected chi connectivity index (χ1v) is 11.3. The Kier molecular flexibility index (Phi) is 5.67. The summed E-state index contributed by atoms with van der Waals surface area (Å²) in [6.45, 7) is 7.45. The van der Waals surface area contributed by atoms with E-state index in [1.54, 1.807) is 27.7 Å². The van der Waals surface area contributed by atoms with Gasteiger partial charge in [0, 0.05) is 12.1 Å². The molecule has 5 aromatic rings. The van der Waals surface area contributed by atoms with Crippen molar-refractivity contribution in [3.8, 4) is 28.4 Å². The van der Waals surface area contributed by atoms with Crippen molar-refractivity contribution in [2.75, 3.05) is 0 Å². The van der Waals surface area contributed by atoms with E-state index >= 15 is 0 Å². The predicted octanol–water partition coefficient (Wildman–Crippen LogP) is 3.27. The molecular weight excluding hydrogens is 460 g/mol. The zero-order valence-corrected chi connectivity index (χ0v) is 20.2. The van der Waals surface area contributed by atoms with E-state index in [4.69, 9.17) is 4.74 Å². The number of benzene rings is 2. The number of aromatic amines is 2. The molecule has 0 amide bonds. The summed E-state index contributed by atoms with van der Waals surface area (Å²) in [6, 6.07) is 15.8. The number of aryl methyl sites for hydroxylation is 1. The molecule has 0 unspecified atom stereocenters. The smallest absolute Gasteiger partial charge is 0.318 e. The fourth-order valence-corrected chi connectivity index (χ4v) is 3.83. The number of nitrogens with one attached hydrogen (secondary N) is 2. The Hall–Kier alpha value is -4.67. The lowest BCUT2D eigenvalue weighted by atomic mass is 9.97. The molecule has 3 aromatic heterocycles. The number of ether oxygens (including phenoxy) is 1. The van der Waals surface area contributed by atoms with Gasteiger partial charge in [-0.05, 0) is 49.6 Å². The first kappa shape index (κ1) is 23.1. The van der Waals surface area contributed by atoms with Crippen molar-refractivity contribution < 1.29 is 9.53 Å². The van der Waals surface area contributed by atoms with Crippen LogP contribution in [0, 0.1) is 12.3 Å². The van der Waals surface area contributed by atoms with Crippen molar-refractivity contribution in [3.05, 3.63) is 70.3 Å². The highest BCUT2D eigenvalue weighted by molar-refractivity contribution is 5.85. The molecule has 3 heterocycles. The molecule has 0 aliphatic rings. The van der Waals surface area contributed by atoms with Gasteiger partial charge < -0.3 is 9.30 Å². The minimum absolute atomic E-state index is 0.0239. The maximum atomic E-state index is 12.5. The molecule has 5 rings (SSSR count). The molecular formula is C25H24N8O3. The molecule has 36 heavy (non-hydrogen) atoms. The molecule has 0 bridgehead atoms. The Morgan fingerprint density at radius 2 is 1.75 bits per heavy atom. The van der Waals surface area contributed by atoms with Gasteiger partial charge in [-0.25, -0.2) is 10.1 Å².